The molecule has 13 heteroatoms. The molecule has 0 radical (unpaired) electrons. The highest BCUT2D eigenvalue weighted by Crippen LogP contribution is 2.31. The van der Waals surface area contributed by atoms with Crippen molar-refractivity contribution in [3.8, 4) is 0 Å². The Bertz CT molecular complexity index is 1340. The predicted octanol–water partition coefficient (Wildman–Crippen LogP) is 4.73. The summed E-state index contributed by atoms with van der Waals surface area (Å²) in [5, 5.41) is 12.6. The van der Waals surface area contributed by atoms with Gasteiger partial charge in [-0.25, -0.2) is 9.78 Å². The smallest absolute Gasteiger partial charge is 0.319 e. The average Bonchev–Trinajstić information content (AvgIpc) is 3.19. The molecule has 2 aromatic heterocycles. The van der Waals surface area contributed by atoms with Crippen LogP contribution in [0.25, 0.3) is 11.0 Å². The number of H-pyrrole nitrogens is 1. The molecular formula is C19H13F3N6O2S2. The van der Waals surface area contributed by atoms with Gasteiger partial charge in [0.05, 0.1) is 16.6 Å². The molecule has 0 unspecified atom stereocenters. The number of para-hydroxylation sites is 2. The van der Waals surface area contributed by atoms with Gasteiger partial charge in [0, 0.05) is 11.4 Å². The molecule has 0 aliphatic heterocycles. The van der Waals surface area contributed by atoms with Gasteiger partial charge in [-0.3, -0.25) is 10.1 Å². The summed E-state index contributed by atoms with van der Waals surface area (Å²) in [6.45, 7) is 0. The molecular weight excluding hydrogens is 465 g/mol. The van der Waals surface area contributed by atoms with E-state index in [1.54, 1.807) is 18.2 Å². The summed E-state index contributed by atoms with van der Waals surface area (Å²) in [4.78, 5) is 31.3. The number of carbonyl (C=O) groups is 1. The molecule has 0 aliphatic carbocycles. The van der Waals surface area contributed by atoms with E-state index in [0.29, 0.717) is 21.1 Å². The van der Waals surface area contributed by atoms with Crippen LogP contribution in [-0.2, 0) is 11.9 Å². The molecule has 2 aromatic carbocycles. The number of nitrogens with zero attached hydrogens (tertiary/aromatic N) is 3. The van der Waals surface area contributed by atoms with Crippen LogP contribution in [0.5, 0.6) is 0 Å². The number of hydrogen-bond acceptors (Lipinski definition) is 7. The summed E-state index contributed by atoms with van der Waals surface area (Å²) >= 11 is 2.28. The van der Waals surface area contributed by atoms with Crippen LogP contribution < -0.4 is 16.2 Å². The quantitative estimate of drug-likeness (QED) is 0.282. The highest BCUT2D eigenvalue weighted by Gasteiger charge is 2.30. The summed E-state index contributed by atoms with van der Waals surface area (Å²) in [6, 6.07) is 10.7. The van der Waals surface area contributed by atoms with Gasteiger partial charge in [-0.1, -0.05) is 41.3 Å². The Morgan fingerprint density at radius 3 is 2.72 bits per heavy atom. The van der Waals surface area contributed by atoms with Crippen molar-refractivity contribution in [3.05, 3.63) is 70.1 Å². The first-order chi connectivity index (χ1) is 15.3. The van der Waals surface area contributed by atoms with Gasteiger partial charge >= 0.3 is 12.2 Å². The van der Waals surface area contributed by atoms with Crippen LogP contribution in [0.4, 0.5) is 28.8 Å². The van der Waals surface area contributed by atoms with Crippen LogP contribution in [0.1, 0.15) is 11.3 Å². The number of fused-ring (bicyclic) bond motifs is 1. The van der Waals surface area contributed by atoms with Gasteiger partial charge in [-0.05, 0) is 30.3 Å². The third-order valence-corrected chi connectivity index (χ3v) is 6.06. The number of benzene rings is 2. The molecule has 164 valence electrons. The standard InChI is InChI=1S/C19H13F3N6O2S2/c20-19(21,22)10-4-3-5-11(8-10)23-16(30)26-17-27-28-18(32-17)31-9-14-15(29)25-13-7-2-1-6-12(13)24-14/h1-8H,9H2,(H,25,29)(H2,23,26,27,30). The first-order valence-electron chi connectivity index (χ1n) is 8.97. The van der Waals surface area contributed by atoms with Gasteiger partial charge in [-0.2, -0.15) is 13.2 Å². The number of anilines is 2. The molecule has 3 N–H and O–H groups in total. The van der Waals surface area contributed by atoms with Gasteiger partial charge in [0.2, 0.25) is 5.13 Å². The molecule has 32 heavy (non-hydrogen) atoms. The fourth-order valence-corrected chi connectivity index (χ4v) is 4.32. The Balaban J connectivity index is 1.37. The van der Waals surface area contributed by atoms with Crippen LogP contribution in [0.15, 0.2) is 57.7 Å². The molecule has 0 spiro atoms. The number of thioether (sulfide) groups is 1. The first-order valence-corrected chi connectivity index (χ1v) is 10.8. The number of urea groups is 1. The summed E-state index contributed by atoms with van der Waals surface area (Å²) in [5.74, 6) is 0.241. The largest absolute Gasteiger partial charge is 0.416 e. The van der Waals surface area contributed by atoms with E-state index in [2.05, 4.69) is 30.8 Å². The van der Waals surface area contributed by atoms with Gasteiger partial charge in [-0.15, -0.1) is 10.2 Å². The van der Waals surface area contributed by atoms with E-state index in [4.69, 9.17) is 0 Å². The maximum Gasteiger partial charge on any atom is 0.416 e. The first kappa shape index (κ1) is 21.8. The van der Waals surface area contributed by atoms with Crippen LogP contribution in [0.2, 0.25) is 0 Å². The minimum absolute atomic E-state index is 0.0157. The van der Waals surface area contributed by atoms with Gasteiger partial charge in [0.25, 0.3) is 5.56 Å². The lowest BCUT2D eigenvalue weighted by Crippen LogP contribution is -2.19. The molecule has 0 aliphatic rings. The lowest BCUT2D eigenvalue weighted by atomic mass is 10.2. The summed E-state index contributed by atoms with van der Waals surface area (Å²) in [6.07, 6.45) is -4.51. The third kappa shape index (κ3) is 5.23. The van der Waals surface area contributed by atoms with Crippen molar-refractivity contribution in [2.45, 2.75) is 16.3 Å². The Hall–Kier alpha value is -3.45. The van der Waals surface area contributed by atoms with E-state index in [-0.39, 0.29) is 22.1 Å². The van der Waals surface area contributed by atoms with E-state index in [1.807, 2.05) is 6.07 Å². The molecule has 4 aromatic rings. The molecule has 0 atom stereocenters. The fourth-order valence-electron chi connectivity index (χ4n) is 2.65. The van der Waals surface area contributed by atoms with Crippen LogP contribution in [-0.4, -0.2) is 26.2 Å². The number of carbonyl (C=O) groups excluding carboxylic acids is 1. The second kappa shape index (κ2) is 8.96. The lowest BCUT2D eigenvalue weighted by molar-refractivity contribution is -0.137. The van der Waals surface area contributed by atoms with Gasteiger partial charge in [0.15, 0.2) is 4.34 Å². The fraction of sp³-hybridized carbons (Fsp3) is 0.105. The molecule has 0 bridgehead atoms. The highest BCUT2D eigenvalue weighted by molar-refractivity contribution is 8.00. The Labute approximate surface area is 186 Å². The minimum Gasteiger partial charge on any atom is -0.319 e. The zero-order valence-corrected chi connectivity index (χ0v) is 17.6. The Morgan fingerprint density at radius 2 is 1.91 bits per heavy atom. The van der Waals surface area contributed by atoms with E-state index >= 15 is 0 Å². The number of alkyl halides is 3. The number of nitrogens with one attached hydrogen (secondary N) is 3. The zero-order valence-electron chi connectivity index (χ0n) is 15.9. The number of aromatic nitrogens is 4. The highest BCUT2D eigenvalue weighted by atomic mass is 32.2. The molecule has 0 saturated heterocycles. The summed E-state index contributed by atoms with van der Waals surface area (Å²) in [7, 11) is 0. The maximum atomic E-state index is 12.8. The van der Waals surface area contributed by atoms with Crippen molar-refractivity contribution in [3.63, 3.8) is 0 Å². The summed E-state index contributed by atoms with van der Waals surface area (Å²) < 4.78 is 38.8. The predicted molar refractivity (Wildman–Crippen MR) is 116 cm³/mol. The maximum absolute atomic E-state index is 12.8. The number of aromatic amines is 1. The van der Waals surface area contributed by atoms with Crippen LogP contribution >= 0.6 is 23.1 Å². The van der Waals surface area contributed by atoms with Crippen molar-refractivity contribution in [1.29, 1.82) is 0 Å². The second-order valence-electron chi connectivity index (χ2n) is 6.35. The van der Waals surface area contributed by atoms with E-state index in [1.165, 1.54) is 23.9 Å². The SMILES string of the molecule is O=C(Nc1cccc(C(F)(F)F)c1)Nc1nnc(SCc2nc3ccccc3[nH]c2=O)s1. The zero-order chi connectivity index (χ0) is 22.7. The van der Waals surface area contributed by atoms with Crippen molar-refractivity contribution in [2.75, 3.05) is 10.6 Å². The van der Waals surface area contributed by atoms with Crippen molar-refractivity contribution in [1.82, 2.24) is 20.2 Å². The second-order valence-corrected chi connectivity index (χ2v) is 8.55. The van der Waals surface area contributed by atoms with Gasteiger partial charge < -0.3 is 10.3 Å². The Kier molecular flexibility index (Phi) is 6.10. The molecule has 2 heterocycles. The Morgan fingerprint density at radius 1 is 1.09 bits per heavy atom. The van der Waals surface area contributed by atoms with E-state index in [9.17, 15) is 22.8 Å². The molecule has 0 fully saturated rings. The van der Waals surface area contributed by atoms with E-state index in [0.717, 1.165) is 23.5 Å². The lowest BCUT2D eigenvalue weighted by Gasteiger charge is -2.09. The molecule has 2 amide bonds. The number of hydrogen-bond donors (Lipinski definition) is 3. The minimum atomic E-state index is -4.51. The monoisotopic (exact) mass is 478 g/mol. The van der Waals surface area contributed by atoms with Crippen molar-refractivity contribution >= 4 is 51.0 Å². The van der Waals surface area contributed by atoms with Crippen molar-refractivity contribution < 1.29 is 18.0 Å². The third-order valence-electron chi connectivity index (χ3n) is 4.08. The van der Waals surface area contributed by atoms with Crippen molar-refractivity contribution in [2.24, 2.45) is 0 Å². The molecule has 8 nitrogen and oxygen atoms in total. The number of halogens is 3. The van der Waals surface area contributed by atoms with E-state index < -0.39 is 17.8 Å². The average molecular weight is 478 g/mol. The topological polar surface area (TPSA) is 113 Å². The van der Waals surface area contributed by atoms with Crippen LogP contribution in [0.3, 0.4) is 0 Å². The molecule has 0 saturated carbocycles. The van der Waals surface area contributed by atoms with Crippen LogP contribution in [0, 0.1) is 0 Å². The number of rotatable bonds is 5. The normalized spacial score (nSPS) is 11.5. The summed E-state index contributed by atoms with van der Waals surface area (Å²) in [5.41, 5.74) is 0.425. The molecule has 4 rings (SSSR count). The number of amides is 2. The van der Waals surface area contributed by atoms with Gasteiger partial charge in [0.1, 0.15) is 5.69 Å².